The maximum atomic E-state index is 12.5. The molecule has 0 spiro atoms. The number of phenols is 1. The van der Waals surface area contributed by atoms with Crippen LogP contribution in [0.25, 0.3) is 0 Å². The Kier molecular flexibility index (Phi) is 5.31. The van der Waals surface area contributed by atoms with E-state index in [1.165, 1.54) is 24.3 Å². The van der Waals surface area contributed by atoms with Crippen molar-refractivity contribution in [3.8, 4) is 5.75 Å². The Balaban J connectivity index is 2.09. The zero-order chi connectivity index (χ0) is 18.6. The minimum atomic E-state index is -4.52. The molecule has 1 atom stereocenters. The van der Waals surface area contributed by atoms with Crippen LogP contribution in [-0.4, -0.2) is 28.1 Å². The van der Waals surface area contributed by atoms with Crippen LogP contribution in [0.1, 0.15) is 21.5 Å². The Morgan fingerprint density at radius 1 is 1.00 bits per heavy atom. The molecule has 0 unspecified atom stereocenters. The lowest BCUT2D eigenvalue weighted by molar-refractivity contribution is -0.139. The van der Waals surface area contributed by atoms with Crippen molar-refractivity contribution in [2.45, 2.75) is 18.6 Å². The van der Waals surface area contributed by atoms with Gasteiger partial charge in [-0.25, -0.2) is 4.79 Å². The first-order valence-electron chi connectivity index (χ1n) is 7.15. The second-order valence-electron chi connectivity index (χ2n) is 5.31. The lowest BCUT2D eigenvalue weighted by Gasteiger charge is -2.15. The second kappa shape index (κ2) is 7.25. The second-order valence-corrected chi connectivity index (χ2v) is 5.31. The summed E-state index contributed by atoms with van der Waals surface area (Å²) >= 11 is 0. The van der Waals surface area contributed by atoms with Crippen molar-refractivity contribution in [3.63, 3.8) is 0 Å². The molecule has 0 aliphatic rings. The summed E-state index contributed by atoms with van der Waals surface area (Å²) in [5, 5.41) is 20.7. The number of phenolic OH excluding ortho intramolecular Hbond substituents is 1. The van der Waals surface area contributed by atoms with Crippen molar-refractivity contribution >= 4 is 11.9 Å². The maximum Gasteiger partial charge on any atom is 0.416 e. The first kappa shape index (κ1) is 18.3. The van der Waals surface area contributed by atoms with E-state index in [-0.39, 0.29) is 17.7 Å². The van der Waals surface area contributed by atoms with E-state index in [1.807, 2.05) is 0 Å². The van der Waals surface area contributed by atoms with Crippen molar-refractivity contribution in [2.75, 3.05) is 0 Å². The molecule has 1 amide bonds. The van der Waals surface area contributed by atoms with Gasteiger partial charge in [-0.05, 0) is 42.0 Å². The molecule has 0 saturated heterocycles. The number of aromatic hydroxyl groups is 1. The van der Waals surface area contributed by atoms with E-state index in [0.29, 0.717) is 5.56 Å². The van der Waals surface area contributed by atoms with Crippen LogP contribution in [0, 0.1) is 0 Å². The standard InChI is InChI=1S/C17H14F3NO4/c18-17(19,20)12-5-3-11(4-6-12)15(23)21-14(16(24)25)9-10-1-7-13(22)8-2-10/h1-8,14,22H,9H2,(H,21,23)(H,24,25)/t14-/m1/s1. The molecular weight excluding hydrogens is 339 g/mol. The van der Waals surface area contributed by atoms with E-state index in [4.69, 9.17) is 0 Å². The number of carbonyl (C=O) groups is 2. The van der Waals surface area contributed by atoms with E-state index in [1.54, 1.807) is 0 Å². The molecule has 0 aliphatic carbocycles. The SMILES string of the molecule is O=C(N[C@H](Cc1ccc(O)cc1)C(=O)O)c1ccc(C(F)(F)F)cc1. The minimum absolute atomic E-state index is 0.0180. The first-order chi connectivity index (χ1) is 11.7. The number of carbonyl (C=O) groups excluding carboxylic acids is 1. The third-order valence-corrected chi connectivity index (χ3v) is 3.45. The Labute approximate surface area is 140 Å². The molecule has 132 valence electrons. The van der Waals surface area contributed by atoms with Gasteiger partial charge in [0.25, 0.3) is 5.91 Å². The van der Waals surface area contributed by atoms with Crippen molar-refractivity contribution in [2.24, 2.45) is 0 Å². The molecule has 0 fully saturated rings. The molecule has 2 aromatic carbocycles. The number of carboxylic acids is 1. The molecule has 2 rings (SSSR count). The fraction of sp³-hybridized carbons (Fsp3) is 0.176. The Bertz CT molecular complexity index is 755. The van der Waals surface area contributed by atoms with Crippen LogP contribution >= 0.6 is 0 Å². The van der Waals surface area contributed by atoms with Gasteiger partial charge in [0.15, 0.2) is 0 Å². The summed E-state index contributed by atoms with van der Waals surface area (Å²) in [6, 6.07) is 7.99. The lowest BCUT2D eigenvalue weighted by Crippen LogP contribution is -2.42. The molecule has 0 bridgehead atoms. The van der Waals surface area contributed by atoms with Crippen LogP contribution in [0.4, 0.5) is 13.2 Å². The van der Waals surface area contributed by atoms with Crippen molar-refractivity contribution in [1.82, 2.24) is 5.32 Å². The van der Waals surface area contributed by atoms with Gasteiger partial charge in [-0.3, -0.25) is 4.79 Å². The van der Waals surface area contributed by atoms with Crippen molar-refractivity contribution in [1.29, 1.82) is 0 Å². The normalized spacial score (nSPS) is 12.4. The molecular formula is C17H14F3NO4. The minimum Gasteiger partial charge on any atom is -0.508 e. The number of carboxylic acid groups (broad SMARTS) is 1. The summed E-state index contributed by atoms with van der Waals surface area (Å²) in [5.74, 6) is -2.06. The average Bonchev–Trinajstić information content (AvgIpc) is 2.55. The summed E-state index contributed by atoms with van der Waals surface area (Å²) in [6.07, 6.45) is -4.56. The van der Waals surface area contributed by atoms with E-state index in [2.05, 4.69) is 5.32 Å². The molecule has 8 heteroatoms. The fourth-order valence-electron chi connectivity index (χ4n) is 2.12. The maximum absolute atomic E-state index is 12.5. The van der Waals surface area contributed by atoms with Crippen LogP contribution in [0.3, 0.4) is 0 Å². The van der Waals surface area contributed by atoms with Crippen LogP contribution in [-0.2, 0) is 17.4 Å². The number of aliphatic carboxylic acids is 1. The fourth-order valence-corrected chi connectivity index (χ4v) is 2.12. The largest absolute Gasteiger partial charge is 0.508 e. The Morgan fingerprint density at radius 3 is 2.04 bits per heavy atom. The van der Waals surface area contributed by atoms with Crippen LogP contribution < -0.4 is 5.32 Å². The highest BCUT2D eigenvalue weighted by Crippen LogP contribution is 2.29. The van der Waals surface area contributed by atoms with Gasteiger partial charge in [0, 0.05) is 12.0 Å². The van der Waals surface area contributed by atoms with Crippen LogP contribution in [0.5, 0.6) is 5.75 Å². The Morgan fingerprint density at radius 2 is 1.56 bits per heavy atom. The molecule has 25 heavy (non-hydrogen) atoms. The lowest BCUT2D eigenvalue weighted by atomic mass is 10.0. The van der Waals surface area contributed by atoms with Gasteiger partial charge >= 0.3 is 12.1 Å². The predicted molar refractivity (Wildman–Crippen MR) is 82.1 cm³/mol. The molecule has 0 radical (unpaired) electrons. The number of hydrogen-bond donors (Lipinski definition) is 3. The van der Waals surface area contributed by atoms with E-state index in [9.17, 15) is 33.0 Å². The smallest absolute Gasteiger partial charge is 0.416 e. The quantitative estimate of drug-likeness (QED) is 0.771. The number of halogens is 3. The van der Waals surface area contributed by atoms with Crippen LogP contribution in [0.15, 0.2) is 48.5 Å². The van der Waals surface area contributed by atoms with Crippen LogP contribution in [0.2, 0.25) is 0 Å². The van der Waals surface area contributed by atoms with E-state index in [0.717, 1.165) is 24.3 Å². The summed E-state index contributed by atoms with van der Waals surface area (Å²) in [5.41, 5.74) is -0.411. The van der Waals surface area contributed by atoms with Crippen molar-refractivity contribution in [3.05, 3.63) is 65.2 Å². The highest BCUT2D eigenvalue weighted by Gasteiger charge is 2.30. The summed E-state index contributed by atoms with van der Waals surface area (Å²) in [4.78, 5) is 23.4. The van der Waals surface area contributed by atoms with E-state index >= 15 is 0 Å². The predicted octanol–water partition coefficient (Wildman–Crippen LogP) is 2.84. The molecule has 0 aromatic heterocycles. The first-order valence-corrected chi connectivity index (χ1v) is 7.15. The van der Waals surface area contributed by atoms with Gasteiger partial charge in [-0.1, -0.05) is 12.1 Å². The molecule has 0 saturated carbocycles. The molecule has 2 aromatic rings. The number of alkyl halides is 3. The monoisotopic (exact) mass is 353 g/mol. The third kappa shape index (κ3) is 4.97. The molecule has 5 nitrogen and oxygen atoms in total. The summed E-state index contributed by atoms with van der Waals surface area (Å²) in [7, 11) is 0. The molecule has 0 aliphatic heterocycles. The highest BCUT2D eigenvalue weighted by molar-refractivity contribution is 5.96. The topological polar surface area (TPSA) is 86.6 Å². The van der Waals surface area contributed by atoms with Gasteiger partial charge in [-0.2, -0.15) is 13.2 Å². The van der Waals surface area contributed by atoms with Gasteiger partial charge in [0.1, 0.15) is 11.8 Å². The number of amides is 1. The number of rotatable bonds is 5. The molecule has 0 heterocycles. The number of nitrogens with one attached hydrogen (secondary N) is 1. The molecule has 3 N–H and O–H groups in total. The summed E-state index contributed by atoms with van der Waals surface area (Å²) < 4.78 is 37.5. The number of benzene rings is 2. The zero-order valence-corrected chi connectivity index (χ0v) is 12.7. The zero-order valence-electron chi connectivity index (χ0n) is 12.7. The Hall–Kier alpha value is -3.03. The highest BCUT2D eigenvalue weighted by atomic mass is 19.4. The third-order valence-electron chi connectivity index (χ3n) is 3.45. The van der Waals surface area contributed by atoms with Gasteiger partial charge in [-0.15, -0.1) is 0 Å². The van der Waals surface area contributed by atoms with Gasteiger partial charge < -0.3 is 15.5 Å². The van der Waals surface area contributed by atoms with Gasteiger partial charge in [0.2, 0.25) is 0 Å². The average molecular weight is 353 g/mol. The summed E-state index contributed by atoms with van der Waals surface area (Å²) in [6.45, 7) is 0. The van der Waals surface area contributed by atoms with Gasteiger partial charge in [0.05, 0.1) is 5.56 Å². The van der Waals surface area contributed by atoms with E-state index < -0.39 is 29.7 Å². The van der Waals surface area contributed by atoms with Crippen molar-refractivity contribution < 1.29 is 33.0 Å². The number of hydrogen-bond acceptors (Lipinski definition) is 3.